The third-order valence-electron chi connectivity index (χ3n) is 2.88. The Hall–Kier alpha value is -0.670. The molecule has 3 heteroatoms. The average Bonchev–Trinajstić information content (AvgIpc) is 2.26. The largest absolute Gasteiger partial charge is 0.323 e. The maximum atomic E-state index is 11.9. The number of hydrogen-bond acceptors (Lipinski definition) is 2. The zero-order valence-electron chi connectivity index (χ0n) is 11.0. The number of rotatable bonds is 6. The molecule has 17 heavy (non-hydrogen) atoms. The molecular formula is C14H23NOS. The van der Waals surface area contributed by atoms with Gasteiger partial charge in [0, 0.05) is 28.3 Å². The minimum Gasteiger partial charge on any atom is -0.323 e. The van der Waals surface area contributed by atoms with E-state index in [1.807, 2.05) is 31.2 Å². The Kier molecular flexibility index (Phi) is 5.86. The van der Waals surface area contributed by atoms with E-state index in [-0.39, 0.29) is 6.04 Å². The fraction of sp³-hybridized carbons (Fsp3) is 0.571. The summed E-state index contributed by atoms with van der Waals surface area (Å²) in [4.78, 5) is 0. The summed E-state index contributed by atoms with van der Waals surface area (Å²) in [6.45, 7) is 6.35. The van der Waals surface area contributed by atoms with E-state index in [0.717, 1.165) is 17.7 Å². The summed E-state index contributed by atoms with van der Waals surface area (Å²) in [7, 11) is -0.804. The summed E-state index contributed by atoms with van der Waals surface area (Å²) < 4.78 is 11.9. The van der Waals surface area contributed by atoms with Crippen molar-refractivity contribution in [3.8, 4) is 0 Å². The summed E-state index contributed by atoms with van der Waals surface area (Å²) >= 11 is 0. The van der Waals surface area contributed by atoms with Crippen molar-refractivity contribution in [3.05, 3.63) is 35.4 Å². The molecule has 2 nitrogen and oxygen atoms in total. The van der Waals surface area contributed by atoms with Crippen LogP contribution in [0.15, 0.2) is 24.3 Å². The normalized spacial score (nSPS) is 14.9. The molecule has 0 bridgehead atoms. The van der Waals surface area contributed by atoms with Crippen LogP contribution in [-0.2, 0) is 10.8 Å². The van der Waals surface area contributed by atoms with Gasteiger partial charge >= 0.3 is 0 Å². The Balaban J connectivity index is 2.52. The second kappa shape index (κ2) is 6.92. The molecule has 1 aromatic carbocycles. The molecular weight excluding hydrogens is 230 g/mol. The summed E-state index contributed by atoms with van der Waals surface area (Å²) in [6.07, 6.45) is 1.01. The SMILES string of the molecule is Cc1ccccc1C(N)CS(=O)CCC(C)C. The van der Waals surface area contributed by atoms with Gasteiger partial charge in [-0.15, -0.1) is 0 Å². The predicted octanol–water partition coefficient (Wildman–Crippen LogP) is 2.79. The van der Waals surface area contributed by atoms with Crippen molar-refractivity contribution in [3.63, 3.8) is 0 Å². The van der Waals surface area contributed by atoms with Crippen LogP contribution in [-0.4, -0.2) is 15.7 Å². The smallest absolute Gasteiger partial charge is 0.0428 e. The molecule has 2 unspecified atom stereocenters. The zero-order valence-corrected chi connectivity index (χ0v) is 11.8. The van der Waals surface area contributed by atoms with Gasteiger partial charge in [0.05, 0.1) is 0 Å². The van der Waals surface area contributed by atoms with Crippen molar-refractivity contribution in [1.29, 1.82) is 0 Å². The molecule has 0 saturated carbocycles. The van der Waals surface area contributed by atoms with Crippen LogP contribution in [0.25, 0.3) is 0 Å². The summed E-state index contributed by atoms with van der Waals surface area (Å²) in [5.41, 5.74) is 8.41. The minimum absolute atomic E-state index is 0.107. The first kappa shape index (κ1) is 14.4. The quantitative estimate of drug-likeness (QED) is 0.847. The van der Waals surface area contributed by atoms with Crippen molar-refractivity contribution in [2.24, 2.45) is 11.7 Å². The van der Waals surface area contributed by atoms with Gasteiger partial charge in [-0.1, -0.05) is 38.1 Å². The Morgan fingerprint density at radius 2 is 1.94 bits per heavy atom. The molecule has 0 saturated heterocycles. The maximum absolute atomic E-state index is 11.9. The standard InChI is InChI=1S/C14H23NOS/c1-11(2)8-9-17(16)10-14(15)13-7-5-4-6-12(13)3/h4-7,11,14H,8-10,15H2,1-3H3. The van der Waals surface area contributed by atoms with E-state index in [1.54, 1.807) is 0 Å². The highest BCUT2D eigenvalue weighted by molar-refractivity contribution is 7.85. The summed E-state index contributed by atoms with van der Waals surface area (Å²) in [6, 6.07) is 7.95. The van der Waals surface area contributed by atoms with E-state index in [4.69, 9.17) is 5.73 Å². The van der Waals surface area contributed by atoms with Gasteiger partial charge in [0.1, 0.15) is 0 Å². The van der Waals surface area contributed by atoms with Crippen LogP contribution in [0.4, 0.5) is 0 Å². The van der Waals surface area contributed by atoms with Crippen molar-refractivity contribution in [2.75, 3.05) is 11.5 Å². The van der Waals surface area contributed by atoms with Gasteiger partial charge in [0.2, 0.25) is 0 Å². The third-order valence-corrected chi connectivity index (χ3v) is 4.30. The van der Waals surface area contributed by atoms with Crippen LogP contribution in [0.2, 0.25) is 0 Å². The van der Waals surface area contributed by atoms with Crippen LogP contribution in [0.1, 0.15) is 37.4 Å². The van der Waals surface area contributed by atoms with Gasteiger partial charge in [-0.05, 0) is 30.4 Å². The van der Waals surface area contributed by atoms with Crippen LogP contribution >= 0.6 is 0 Å². The first-order chi connectivity index (χ1) is 8.00. The lowest BCUT2D eigenvalue weighted by Gasteiger charge is -2.14. The van der Waals surface area contributed by atoms with Crippen molar-refractivity contribution in [2.45, 2.75) is 33.2 Å². The van der Waals surface area contributed by atoms with Crippen molar-refractivity contribution >= 4 is 10.8 Å². The van der Waals surface area contributed by atoms with Crippen LogP contribution in [0.5, 0.6) is 0 Å². The lowest BCUT2D eigenvalue weighted by Crippen LogP contribution is -2.21. The molecule has 0 amide bonds. The van der Waals surface area contributed by atoms with Crippen molar-refractivity contribution < 1.29 is 4.21 Å². The average molecular weight is 253 g/mol. The fourth-order valence-corrected chi connectivity index (χ4v) is 3.22. The van der Waals surface area contributed by atoms with Crippen LogP contribution in [0, 0.1) is 12.8 Å². The molecule has 0 heterocycles. The number of nitrogens with two attached hydrogens (primary N) is 1. The lowest BCUT2D eigenvalue weighted by molar-refractivity contribution is 0.617. The van der Waals surface area contributed by atoms with E-state index in [9.17, 15) is 4.21 Å². The van der Waals surface area contributed by atoms with E-state index in [0.29, 0.717) is 11.7 Å². The van der Waals surface area contributed by atoms with Gasteiger partial charge in [-0.2, -0.15) is 0 Å². The van der Waals surface area contributed by atoms with E-state index < -0.39 is 10.8 Å². The molecule has 2 N–H and O–H groups in total. The molecule has 1 rings (SSSR count). The molecule has 0 fully saturated rings. The first-order valence-corrected chi connectivity index (χ1v) is 7.65. The molecule has 0 spiro atoms. The number of hydrogen-bond donors (Lipinski definition) is 1. The maximum Gasteiger partial charge on any atom is 0.0428 e. The van der Waals surface area contributed by atoms with Gasteiger partial charge in [-0.3, -0.25) is 4.21 Å². The summed E-state index contributed by atoms with van der Waals surface area (Å²) in [5.74, 6) is 1.93. The second-order valence-corrected chi connectivity index (χ2v) is 6.58. The Morgan fingerprint density at radius 3 is 2.53 bits per heavy atom. The number of aryl methyl sites for hydroxylation is 1. The van der Waals surface area contributed by atoms with Crippen LogP contribution < -0.4 is 5.73 Å². The molecule has 0 aliphatic rings. The molecule has 0 radical (unpaired) electrons. The van der Waals surface area contributed by atoms with Crippen LogP contribution in [0.3, 0.4) is 0 Å². The first-order valence-electron chi connectivity index (χ1n) is 6.16. The Bertz CT molecular complexity index is 376. The highest BCUT2D eigenvalue weighted by Gasteiger charge is 2.12. The zero-order chi connectivity index (χ0) is 12.8. The molecule has 0 aliphatic carbocycles. The highest BCUT2D eigenvalue weighted by Crippen LogP contribution is 2.16. The number of benzene rings is 1. The van der Waals surface area contributed by atoms with Gasteiger partial charge in [0.15, 0.2) is 0 Å². The van der Waals surface area contributed by atoms with Crippen molar-refractivity contribution in [1.82, 2.24) is 0 Å². The monoisotopic (exact) mass is 253 g/mol. The van der Waals surface area contributed by atoms with E-state index in [1.165, 1.54) is 5.56 Å². The molecule has 2 atom stereocenters. The molecule has 1 aromatic rings. The molecule has 96 valence electrons. The van der Waals surface area contributed by atoms with E-state index in [2.05, 4.69) is 13.8 Å². The topological polar surface area (TPSA) is 43.1 Å². The minimum atomic E-state index is -0.804. The molecule has 0 aliphatic heterocycles. The Morgan fingerprint density at radius 1 is 1.29 bits per heavy atom. The van der Waals surface area contributed by atoms with E-state index >= 15 is 0 Å². The third kappa shape index (κ3) is 5.00. The highest BCUT2D eigenvalue weighted by atomic mass is 32.2. The lowest BCUT2D eigenvalue weighted by atomic mass is 10.0. The fourth-order valence-electron chi connectivity index (χ4n) is 1.74. The summed E-state index contributed by atoms with van der Waals surface area (Å²) in [5, 5.41) is 0. The second-order valence-electron chi connectivity index (χ2n) is 4.96. The van der Waals surface area contributed by atoms with Gasteiger partial charge in [0.25, 0.3) is 0 Å². The Labute approximate surface area is 107 Å². The predicted molar refractivity (Wildman–Crippen MR) is 75.4 cm³/mol. The van der Waals surface area contributed by atoms with Gasteiger partial charge < -0.3 is 5.73 Å². The molecule has 0 aromatic heterocycles. The van der Waals surface area contributed by atoms with Gasteiger partial charge in [-0.25, -0.2) is 0 Å².